The van der Waals surface area contributed by atoms with Gasteiger partial charge < -0.3 is 15.5 Å². The zero-order valence-corrected chi connectivity index (χ0v) is 29.9. The Labute approximate surface area is 280 Å². The van der Waals surface area contributed by atoms with Crippen LogP contribution >= 0.6 is 0 Å². The molecule has 0 spiro atoms. The van der Waals surface area contributed by atoms with Gasteiger partial charge in [-0.15, -0.1) is 0 Å². The van der Waals surface area contributed by atoms with Gasteiger partial charge >= 0.3 is 0 Å². The van der Waals surface area contributed by atoms with E-state index in [0.717, 1.165) is 44.9 Å². The van der Waals surface area contributed by atoms with Gasteiger partial charge in [0.1, 0.15) is 0 Å². The number of unbranched alkanes of at least 4 members (excludes halogenated alkanes) is 21. The van der Waals surface area contributed by atoms with Crippen molar-refractivity contribution in [2.45, 2.75) is 199 Å². The third-order valence-electron chi connectivity index (χ3n) is 8.52. The third-order valence-corrected chi connectivity index (χ3v) is 8.52. The number of rotatable bonds is 34. The van der Waals surface area contributed by atoms with Gasteiger partial charge in [0, 0.05) is 6.42 Å². The molecule has 0 bridgehead atoms. The van der Waals surface area contributed by atoms with Gasteiger partial charge in [0.05, 0.1) is 18.8 Å². The van der Waals surface area contributed by atoms with Crippen LogP contribution in [0.3, 0.4) is 0 Å². The summed E-state index contributed by atoms with van der Waals surface area (Å²) in [5.41, 5.74) is 0. The molecule has 0 heterocycles. The lowest BCUT2D eigenvalue weighted by Gasteiger charge is -2.19. The van der Waals surface area contributed by atoms with Crippen LogP contribution in [0.1, 0.15) is 187 Å². The largest absolute Gasteiger partial charge is 0.394 e. The fourth-order valence-corrected chi connectivity index (χ4v) is 5.56. The summed E-state index contributed by atoms with van der Waals surface area (Å²) in [6.07, 6.45) is 49.3. The van der Waals surface area contributed by atoms with Crippen molar-refractivity contribution in [1.29, 1.82) is 0 Å². The smallest absolute Gasteiger partial charge is 0.220 e. The van der Waals surface area contributed by atoms with Crippen LogP contribution in [0.2, 0.25) is 0 Å². The fourth-order valence-electron chi connectivity index (χ4n) is 5.56. The lowest BCUT2D eigenvalue weighted by atomic mass is 10.0. The van der Waals surface area contributed by atoms with Crippen molar-refractivity contribution in [2.75, 3.05) is 6.61 Å². The minimum absolute atomic E-state index is 0.0863. The third kappa shape index (κ3) is 33.5. The van der Waals surface area contributed by atoms with E-state index in [4.69, 9.17) is 0 Å². The number of aliphatic hydroxyl groups excluding tert-OH is 2. The van der Waals surface area contributed by atoms with Gasteiger partial charge in [0.25, 0.3) is 0 Å². The van der Waals surface area contributed by atoms with Crippen LogP contribution in [-0.4, -0.2) is 34.9 Å². The molecular weight excluding hydrogens is 554 g/mol. The van der Waals surface area contributed by atoms with Gasteiger partial charge in [-0.2, -0.15) is 0 Å². The van der Waals surface area contributed by atoms with Gasteiger partial charge in [-0.05, 0) is 64.2 Å². The average molecular weight is 630 g/mol. The van der Waals surface area contributed by atoms with Crippen molar-refractivity contribution in [3.8, 4) is 0 Å². The molecule has 4 heteroatoms. The summed E-state index contributed by atoms with van der Waals surface area (Å²) in [4.78, 5) is 12.3. The lowest BCUT2D eigenvalue weighted by molar-refractivity contribution is -0.123. The molecule has 3 N–H and O–H groups in total. The van der Waals surface area contributed by atoms with E-state index in [1.54, 1.807) is 6.08 Å². The number of carbonyl (C=O) groups is 1. The van der Waals surface area contributed by atoms with Crippen LogP contribution in [0.15, 0.2) is 48.6 Å². The zero-order chi connectivity index (χ0) is 32.9. The normalized spacial score (nSPS) is 13.6. The molecule has 0 saturated heterocycles. The standard InChI is InChI=1S/C41H75NO3/c1-3-5-7-9-11-13-15-16-17-18-19-20-21-22-23-24-25-26-27-29-31-33-35-37-41(45)42-39(38-43)40(44)36-34-32-30-28-14-12-10-8-6-4-2/h6,8,14,22-23,28,34,36,39-40,43-44H,3-5,7,9-13,15-21,24-27,29-33,35,37-38H2,1-2H3,(H,42,45)/b8-6+,23-22-,28-14+,36-34+. The van der Waals surface area contributed by atoms with Crippen LogP contribution in [0, 0.1) is 0 Å². The number of aliphatic hydroxyl groups is 2. The maximum Gasteiger partial charge on any atom is 0.220 e. The van der Waals surface area contributed by atoms with Crippen LogP contribution in [0.4, 0.5) is 0 Å². The second-order valence-corrected chi connectivity index (χ2v) is 12.9. The Bertz CT molecular complexity index is 726. The highest BCUT2D eigenvalue weighted by atomic mass is 16.3. The minimum Gasteiger partial charge on any atom is -0.394 e. The minimum atomic E-state index is -0.869. The summed E-state index contributed by atoms with van der Waals surface area (Å²) in [6, 6.07) is -0.645. The molecule has 1 amide bonds. The highest BCUT2D eigenvalue weighted by molar-refractivity contribution is 5.76. The van der Waals surface area contributed by atoms with E-state index in [0.29, 0.717) is 6.42 Å². The first-order valence-corrected chi connectivity index (χ1v) is 19.4. The van der Waals surface area contributed by atoms with E-state index >= 15 is 0 Å². The molecule has 0 aliphatic carbocycles. The van der Waals surface area contributed by atoms with Gasteiger partial charge in [0.15, 0.2) is 0 Å². The molecular formula is C41H75NO3. The summed E-state index contributed by atoms with van der Waals surface area (Å²) in [5.74, 6) is -0.0863. The molecule has 0 fully saturated rings. The van der Waals surface area contributed by atoms with E-state index < -0.39 is 12.1 Å². The Morgan fingerprint density at radius 3 is 1.40 bits per heavy atom. The first kappa shape index (κ1) is 43.4. The zero-order valence-electron chi connectivity index (χ0n) is 29.9. The maximum absolute atomic E-state index is 12.3. The first-order valence-electron chi connectivity index (χ1n) is 19.4. The second-order valence-electron chi connectivity index (χ2n) is 12.9. The average Bonchev–Trinajstić information content (AvgIpc) is 3.04. The Kier molecular flexibility index (Phi) is 35.5. The molecule has 0 rings (SSSR count). The summed E-state index contributed by atoms with van der Waals surface area (Å²) < 4.78 is 0. The van der Waals surface area contributed by atoms with E-state index in [-0.39, 0.29) is 12.5 Å². The molecule has 0 aromatic rings. The van der Waals surface area contributed by atoms with Crippen LogP contribution in [0.25, 0.3) is 0 Å². The molecule has 0 saturated carbocycles. The number of allylic oxidation sites excluding steroid dienone is 7. The summed E-state index contributed by atoms with van der Waals surface area (Å²) in [5, 5.41) is 22.8. The molecule has 2 atom stereocenters. The highest BCUT2D eigenvalue weighted by Crippen LogP contribution is 2.14. The highest BCUT2D eigenvalue weighted by Gasteiger charge is 2.17. The Morgan fingerprint density at radius 2 is 0.933 bits per heavy atom. The predicted octanol–water partition coefficient (Wildman–Crippen LogP) is 11.6. The van der Waals surface area contributed by atoms with Crippen molar-refractivity contribution in [1.82, 2.24) is 5.32 Å². The predicted molar refractivity (Wildman–Crippen MR) is 198 cm³/mol. The maximum atomic E-state index is 12.3. The number of carbonyl (C=O) groups excluding carboxylic acids is 1. The number of nitrogens with one attached hydrogen (secondary N) is 1. The van der Waals surface area contributed by atoms with Crippen LogP contribution < -0.4 is 5.32 Å². The van der Waals surface area contributed by atoms with Crippen LogP contribution in [0.5, 0.6) is 0 Å². The molecule has 0 aliphatic rings. The van der Waals surface area contributed by atoms with Gasteiger partial charge in [-0.1, -0.05) is 165 Å². The molecule has 0 aromatic carbocycles. The summed E-state index contributed by atoms with van der Waals surface area (Å²) >= 11 is 0. The van der Waals surface area contributed by atoms with Gasteiger partial charge in [-0.25, -0.2) is 0 Å². The van der Waals surface area contributed by atoms with E-state index in [2.05, 4.69) is 55.6 Å². The van der Waals surface area contributed by atoms with Gasteiger partial charge in [0.2, 0.25) is 5.91 Å². The fraction of sp³-hybridized carbons (Fsp3) is 0.780. The summed E-state index contributed by atoms with van der Waals surface area (Å²) in [7, 11) is 0. The Balaban J connectivity index is 3.57. The van der Waals surface area contributed by atoms with Crippen molar-refractivity contribution >= 4 is 5.91 Å². The van der Waals surface area contributed by atoms with Crippen molar-refractivity contribution < 1.29 is 15.0 Å². The lowest BCUT2D eigenvalue weighted by Crippen LogP contribution is -2.45. The molecule has 262 valence electrons. The van der Waals surface area contributed by atoms with Crippen molar-refractivity contribution in [3.63, 3.8) is 0 Å². The number of amides is 1. The van der Waals surface area contributed by atoms with Crippen LogP contribution in [-0.2, 0) is 4.79 Å². The number of hydrogen-bond acceptors (Lipinski definition) is 3. The van der Waals surface area contributed by atoms with E-state index in [9.17, 15) is 15.0 Å². The Hall–Kier alpha value is -1.65. The molecule has 0 radical (unpaired) electrons. The molecule has 0 aliphatic heterocycles. The first-order chi connectivity index (χ1) is 22.2. The molecule has 0 aromatic heterocycles. The number of hydrogen-bond donors (Lipinski definition) is 3. The Morgan fingerprint density at radius 1 is 0.533 bits per heavy atom. The van der Waals surface area contributed by atoms with Crippen molar-refractivity contribution in [3.05, 3.63) is 48.6 Å². The molecule has 4 nitrogen and oxygen atoms in total. The van der Waals surface area contributed by atoms with E-state index in [1.807, 2.05) is 6.08 Å². The molecule has 2 unspecified atom stereocenters. The van der Waals surface area contributed by atoms with Crippen molar-refractivity contribution in [2.24, 2.45) is 0 Å². The molecule has 45 heavy (non-hydrogen) atoms. The van der Waals surface area contributed by atoms with Gasteiger partial charge in [-0.3, -0.25) is 4.79 Å². The quantitative estimate of drug-likeness (QED) is 0.0490. The second kappa shape index (κ2) is 36.8. The summed E-state index contributed by atoms with van der Waals surface area (Å²) in [6.45, 7) is 4.16. The SMILES string of the molecule is CC/C=C/CC/C=C/CC/C=C/C(O)C(CO)NC(=O)CCCCCCCCC/C=C\CCCCCCCCCCCCCC. The van der Waals surface area contributed by atoms with E-state index in [1.165, 1.54) is 122 Å². The topological polar surface area (TPSA) is 69.6 Å². The monoisotopic (exact) mass is 630 g/mol.